The zero-order valence-electron chi connectivity index (χ0n) is 8.91. The Hall–Kier alpha value is -1.76. The molecule has 1 aromatic rings. The predicted octanol–water partition coefficient (Wildman–Crippen LogP) is 1.73. The fourth-order valence-electron chi connectivity index (χ4n) is 1.07. The molecule has 1 unspecified atom stereocenters. The average Bonchev–Trinajstić information content (AvgIpc) is 2.73. The van der Waals surface area contributed by atoms with Crippen LogP contribution in [0.15, 0.2) is 16.5 Å². The molecule has 0 aliphatic heterocycles. The number of aryl methyl sites for hydroxylation is 1. The van der Waals surface area contributed by atoms with E-state index in [4.69, 9.17) is 9.68 Å². The van der Waals surface area contributed by atoms with Crippen molar-refractivity contribution < 1.29 is 9.21 Å². The van der Waals surface area contributed by atoms with Gasteiger partial charge in [-0.05, 0) is 19.1 Å². The summed E-state index contributed by atoms with van der Waals surface area (Å²) in [6.07, 6.45) is 0.766. The van der Waals surface area contributed by atoms with E-state index in [1.807, 2.05) is 13.0 Å². The molecule has 1 atom stereocenters. The molecule has 15 heavy (non-hydrogen) atoms. The molecule has 0 aromatic carbocycles. The zero-order chi connectivity index (χ0) is 11.3. The number of carbonyl (C=O) groups excluding carboxylic acids is 1. The van der Waals surface area contributed by atoms with Gasteiger partial charge in [-0.1, -0.05) is 6.92 Å². The van der Waals surface area contributed by atoms with Crippen molar-refractivity contribution in [1.29, 1.82) is 5.26 Å². The summed E-state index contributed by atoms with van der Waals surface area (Å²) in [6, 6.07) is 5.47. The summed E-state index contributed by atoms with van der Waals surface area (Å²) in [5.74, 6) is 0.636. The van der Waals surface area contributed by atoms with Gasteiger partial charge in [-0.3, -0.25) is 4.79 Å². The van der Waals surface area contributed by atoms with Crippen molar-refractivity contribution in [2.75, 3.05) is 6.54 Å². The third kappa shape index (κ3) is 3.13. The monoisotopic (exact) mass is 206 g/mol. The molecule has 1 heterocycles. The van der Waals surface area contributed by atoms with Gasteiger partial charge in [0, 0.05) is 13.0 Å². The van der Waals surface area contributed by atoms with E-state index in [9.17, 15) is 4.79 Å². The van der Waals surface area contributed by atoms with Crippen molar-refractivity contribution >= 4 is 5.91 Å². The second-order valence-corrected chi connectivity index (χ2v) is 3.36. The first-order chi connectivity index (χ1) is 7.17. The number of rotatable bonds is 4. The lowest BCUT2D eigenvalue weighted by Gasteiger charge is -2.03. The van der Waals surface area contributed by atoms with E-state index < -0.39 is 0 Å². The molecule has 80 valence electrons. The maximum atomic E-state index is 11.5. The topological polar surface area (TPSA) is 66.0 Å². The summed E-state index contributed by atoms with van der Waals surface area (Å²) in [5.41, 5.74) is 0. The van der Waals surface area contributed by atoms with Crippen LogP contribution in [0.4, 0.5) is 0 Å². The lowest BCUT2D eigenvalue weighted by Crippen LogP contribution is -2.27. The Morgan fingerprint density at radius 3 is 2.93 bits per heavy atom. The highest BCUT2D eigenvalue weighted by molar-refractivity contribution is 5.91. The highest BCUT2D eigenvalue weighted by atomic mass is 16.3. The fraction of sp³-hybridized carbons (Fsp3) is 0.455. The van der Waals surface area contributed by atoms with Crippen LogP contribution in [0.2, 0.25) is 0 Å². The van der Waals surface area contributed by atoms with Crippen molar-refractivity contribution in [1.82, 2.24) is 5.32 Å². The van der Waals surface area contributed by atoms with Gasteiger partial charge in [-0.25, -0.2) is 0 Å². The maximum Gasteiger partial charge on any atom is 0.287 e. The Morgan fingerprint density at radius 1 is 1.67 bits per heavy atom. The van der Waals surface area contributed by atoms with Gasteiger partial charge in [0.2, 0.25) is 0 Å². The summed E-state index contributed by atoms with van der Waals surface area (Å²) < 4.78 is 5.27. The predicted molar refractivity (Wildman–Crippen MR) is 55.2 cm³/mol. The minimum Gasteiger partial charge on any atom is -0.456 e. The highest BCUT2D eigenvalue weighted by Gasteiger charge is 2.11. The smallest absolute Gasteiger partial charge is 0.287 e. The summed E-state index contributed by atoms with van der Waals surface area (Å²) in [6.45, 7) is 4.05. The number of furan rings is 1. The molecule has 1 rings (SSSR count). The van der Waals surface area contributed by atoms with Crippen LogP contribution in [0.3, 0.4) is 0 Å². The molecule has 0 bridgehead atoms. The average molecular weight is 206 g/mol. The van der Waals surface area contributed by atoms with E-state index >= 15 is 0 Å². The summed E-state index contributed by atoms with van der Waals surface area (Å²) in [5, 5.41) is 11.2. The number of nitrogens with zero attached hydrogens (tertiary/aromatic N) is 1. The maximum absolute atomic E-state index is 11.5. The summed E-state index contributed by atoms with van der Waals surface area (Å²) in [4.78, 5) is 11.5. The molecular weight excluding hydrogens is 192 g/mol. The number of amides is 1. The number of nitriles is 1. The number of hydrogen-bond acceptors (Lipinski definition) is 3. The second kappa shape index (κ2) is 5.20. The van der Waals surface area contributed by atoms with Crippen molar-refractivity contribution in [3.63, 3.8) is 0 Å². The quantitative estimate of drug-likeness (QED) is 0.815. The largest absolute Gasteiger partial charge is 0.456 e. The SMILES string of the molecule is CCc1ccc(C(=O)NCC(C)C#N)o1. The van der Waals surface area contributed by atoms with Crippen LogP contribution in [0, 0.1) is 17.2 Å². The lowest BCUT2D eigenvalue weighted by molar-refractivity contribution is 0.0921. The zero-order valence-corrected chi connectivity index (χ0v) is 8.91. The Labute approximate surface area is 88.9 Å². The van der Waals surface area contributed by atoms with Crippen LogP contribution in [-0.4, -0.2) is 12.5 Å². The van der Waals surface area contributed by atoms with E-state index in [2.05, 4.69) is 5.32 Å². The Morgan fingerprint density at radius 2 is 2.40 bits per heavy atom. The molecule has 1 amide bonds. The molecule has 0 saturated carbocycles. The van der Waals surface area contributed by atoms with E-state index in [1.165, 1.54) is 0 Å². The fourth-order valence-corrected chi connectivity index (χ4v) is 1.07. The van der Waals surface area contributed by atoms with Crippen LogP contribution in [-0.2, 0) is 6.42 Å². The Balaban J connectivity index is 2.51. The van der Waals surface area contributed by atoms with Crippen LogP contribution < -0.4 is 5.32 Å². The van der Waals surface area contributed by atoms with Crippen LogP contribution >= 0.6 is 0 Å². The van der Waals surface area contributed by atoms with Crippen LogP contribution in [0.5, 0.6) is 0 Å². The Kier molecular flexibility index (Phi) is 3.92. The number of hydrogen-bond donors (Lipinski definition) is 1. The minimum atomic E-state index is -0.267. The third-order valence-electron chi connectivity index (χ3n) is 2.02. The normalized spacial score (nSPS) is 11.8. The van der Waals surface area contributed by atoms with Gasteiger partial charge in [0.05, 0.1) is 12.0 Å². The van der Waals surface area contributed by atoms with E-state index in [1.54, 1.807) is 19.1 Å². The van der Waals surface area contributed by atoms with Gasteiger partial charge >= 0.3 is 0 Å². The minimum absolute atomic E-state index is 0.186. The molecule has 4 nitrogen and oxygen atoms in total. The van der Waals surface area contributed by atoms with Crippen molar-refractivity contribution in [2.45, 2.75) is 20.3 Å². The van der Waals surface area contributed by atoms with Crippen LogP contribution in [0.25, 0.3) is 0 Å². The van der Waals surface area contributed by atoms with Crippen molar-refractivity contribution in [3.8, 4) is 6.07 Å². The summed E-state index contributed by atoms with van der Waals surface area (Å²) >= 11 is 0. The molecule has 1 N–H and O–H groups in total. The first kappa shape index (κ1) is 11.3. The molecular formula is C11H14N2O2. The van der Waals surface area contributed by atoms with Crippen LogP contribution in [0.1, 0.15) is 30.2 Å². The molecule has 0 fully saturated rings. The third-order valence-corrected chi connectivity index (χ3v) is 2.02. The first-order valence-corrected chi connectivity index (χ1v) is 4.94. The number of carbonyl (C=O) groups is 1. The second-order valence-electron chi connectivity index (χ2n) is 3.36. The molecule has 0 radical (unpaired) electrons. The van der Waals surface area contributed by atoms with Gasteiger partial charge in [-0.2, -0.15) is 5.26 Å². The summed E-state index contributed by atoms with van der Waals surface area (Å²) in [7, 11) is 0. The standard InChI is InChI=1S/C11H14N2O2/c1-3-9-4-5-10(15-9)11(14)13-7-8(2)6-12/h4-5,8H,3,7H2,1-2H3,(H,13,14). The van der Waals surface area contributed by atoms with Crippen molar-refractivity contribution in [3.05, 3.63) is 23.7 Å². The van der Waals surface area contributed by atoms with Gasteiger partial charge in [0.25, 0.3) is 5.91 Å². The number of nitrogens with one attached hydrogen (secondary N) is 1. The molecule has 4 heteroatoms. The highest BCUT2D eigenvalue weighted by Crippen LogP contribution is 2.08. The van der Waals surface area contributed by atoms with E-state index in [0.29, 0.717) is 12.3 Å². The van der Waals surface area contributed by atoms with E-state index in [-0.39, 0.29) is 11.8 Å². The van der Waals surface area contributed by atoms with Gasteiger partial charge in [0.1, 0.15) is 5.76 Å². The van der Waals surface area contributed by atoms with Gasteiger partial charge in [0.15, 0.2) is 5.76 Å². The van der Waals surface area contributed by atoms with Crippen molar-refractivity contribution in [2.24, 2.45) is 5.92 Å². The molecule has 0 spiro atoms. The van der Waals surface area contributed by atoms with Gasteiger partial charge < -0.3 is 9.73 Å². The van der Waals surface area contributed by atoms with Gasteiger partial charge in [-0.15, -0.1) is 0 Å². The molecule has 0 aliphatic carbocycles. The molecule has 0 saturated heterocycles. The first-order valence-electron chi connectivity index (χ1n) is 4.94. The lowest BCUT2D eigenvalue weighted by atomic mass is 10.2. The Bertz CT molecular complexity index is 376. The molecule has 0 aliphatic rings. The van der Waals surface area contributed by atoms with E-state index in [0.717, 1.165) is 12.2 Å². The molecule has 1 aromatic heterocycles.